The first-order valence-corrected chi connectivity index (χ1v) is 8.89. The molecular weight excluding hydrogens is 290 g/mol. The average molecular weight is 316 g/mol. The van der Waals surface area contributed by atoms with Crippen molar-refractivity contribution in [3.05, 3.63) is 22.4 Å². The first-order valence-electron chi connectivity index (χ1n) is 6.86. The van der Waals surface area contributed by atoms with Gasteiger partial charge in [0.25, 0.3) is 0 Å². The monoisotopic (exact) mass is 315 g/mol. The van der Waals surface area contributed by atoms with Crippen molar-refractivity contribution in [3.63, 3.8) is 0 Å². The summed E-state index contributed by atoms with van der Waals surface area (Å²) >= 11 is 3.25. The Kier molecular flexibility index (Phi) is 7.06. The average Bonchev–Trinajstić information content (AvgIpc) is 2.87. The summed E-state index contributed by atoms with van der Waals surface area (Å²) < 4.78 is 0. The highest BCUT2D eigenvalue weighted by molar-refractivity contribution is 7.99. The van der Waals surface area contributed by atoms with Gasteiger partial charge in [-0.2, -0.15) is 11.8 Å². The minimum Gasteiger partial charge on any atom is -0.396 e. The van der Waals surface area contributed by atoms with Crippen LogP contribution in [-0.4, -0.2) is 29.1 Å². The maximum atomic E-state index is 12.1. The minimum atomic E-state index is -0.0103. The van der Waals surface area contributed by atoms with Crippen molar-refractivity contribution in [1.82, 2.24) is 5.32 Å². The van der Waals surface area contributed by atoms with Crippen molar-refractivity contribution in [2.45, 2.75) is 33.7 Å². The molecule has 0 aliphatic heterocycles. The third-order valence-electron chi connectivity index (χ3n) is 2.95. The summed E-state index contributed by atoms with van der Waals surface area (Å²) in [5.74, 6) is 1.56. The van der Waals surface area contributed by atoms with Crippen molar-refractivity contribution < 1.29 is 9.90 Å². The molecule has 1 aromatic heterocycles. The van der Waals surface area contributed by atoms with E-state index in [0.29, 0.717) is 5.75 Å². The van der Waals surface area contributed by atoms with Crippen molar-refractivity contribution >= 4 is 29.0 Å². The van der Waals surface area contributed by atoms with Gasteiger partial charge in [0.05, 0.1) is 11.8 Å². The predicted octanol–water partition coefficient (Wildman–Crippen LogP) is 3.31. The molecule has 0 bridgehead atoms. The molecule has 0 aromatic carbocycles. The third kappa shape index (κ3) is 5.85. The Morgan fingerprint density at radius 3 is 2.70 bits per heavy atom. The van der Waals surface area contributed by atoms with Gasteiger partial charge in [0.1, 0.15) is 0 Å². The molecule has 5 heteroatoms. The van der Waals surface area contributed by atoms with Gasteiger partial charge in [0, 0.05) is 11.5 Å². The summed E-state index contributed by atoms with van der Waals surface area (Å²) in [6.45, 7) is 8.57. The molecule has 3 nitrogen and oxygen atoms in total. The molecule has 0 saturated heterocycles. The van der Waals surface area contributed by atoms with Crippen molar-refractivity contribution in [2.24, 2.45) is 11.3 Å². The molecule has 2 unspecified atom stereocenters. The van der Waals surface area contributed by atoms with Crippen LogP contribution < -0.4 is 5.32 Å². The molecule has 1 aromatic rings. The number of aliphatic hydroxyl groups is 1. The summed E-state index contributed by atoms with van der Waals surface area (Å²) in [7, 11) is 0. The zero-order valence-electron chi connectivity index (χ0n) is 12.7. The van der Waals surface area contributed by atoms with Crippen LogP contribution in [0.3, 0.4) is 0 Å². The number of nitrogens with one attached hydrogen (secondary N) is 1. The predicted molar refractivity (Wildman–Crippen MR) is 88.2 cm³/mol. The van der Waals surface area contributed by atoms with Crippen molar-refractivity contribution in [1.29, 1.82) is 0 Å². The Labute approximate surface area is 130 Å². The van der Waals surface area contributed by atoms with Gasteiger partial charge in [0.2, 0.25) is 5.91 Å². The smallest absolute Gasteiger partial charge is 0.230 e. The number of amides is 1. The summed E-state index contributed by atoms with van der Waals surface area (Å²) in [5.41, 5.74) is -0.0103. The van der Waals surface area contributed by atoms with Gasteiger partial charge < -0.3 is 10.4 Å². The van der Waals surface area contributed by atoms with E-state index in [1.807, 2.05) is 18.4 Å². The lowest BCUT2D eigenvalue weighted by atomic mass is 9.86. The topological polar surface area (TPSA) is 49.3 Å². The van der Waals surface area contributed by atoms with E-state index in [1.165, 1.54) is 4.88 Å². The fourth-order valence-electron chi connectivity index (χ4n) is 1.78. The normalized spacial score (nSPS) is 14.8. The van der Waals surface area contributed by atoms with Crippen LogP contribution in [0.4, 0.5) is 0 Å². The van der Waals surface area contributed by atoms with Crippen LogP contribution in [-0.2, 0) is 4.79 Å². The summed E-state index contributed by atoms with van der Waals surface area (Å²) in [4.78, 5) is 13.3. The van der Waals surface area contributed by atoms with Gasteiger partial charge in [-0.05, 0) is 28.5 Å². The Morgan fingerprint density at radius 1 is 1.50 bits per heavy atom. The van der Waals surface area contributed by atoms with E-state index < -0.39 is 0 Å². The zero-order chi connectivity index (χ0) is 15.2. The highest BCUT2D eigenvalue weighted by atomic mass is 32.2. The molecule has 0 fully saturated rings. The van der Waals surface area contributed by atoms with Gasteiger partial charge in [-0.3, -0.25) is 4.79 Å². The third-order valence-corrected chi connectivity index (χ3v) is 5.15. The fraction of sp³-hybridized carbons (Fsp3) is 0.667. The van der Waals surface area contributed by atoms with Crippen LogP contribution in [0.25, 0.3) is 0 Å². The molecule has 0 radical (unpaired) electrons. The number of carbonyl (C=O) groups excluding carboxylic acids is 1. The molecule has 2 atom stereocenters. The van der Waals surface area contributed by atoms with E-state index in [0.717, 1.165) is 5.75 Å². The number of thiophene rings is 1. The molecule has 0 saturated carbocycles. The van der Waals surface area contributed by atoms with Crippen LogP contribution >= 0.6 is 23.1 Å². The number of rotatable bonds is 7. The largest absolute Gasteiger partial charge is 0.396 e. The Balaban J connectivity index is 2.52. The Morgan fingerprint density at radius 2 is 2.20 bits per heavy atom. The Bertz CT molecular complexity index is 399. The quantitative estimate of drug-likeness (QED) is 0.811. The van der Waals surface area contributed by atoms with Crippen LogP contribution in [0.15, 0.2) is 17.5 Å². The van der Waals surface area contributed by atoms with E-state index in [2.05, 4.69) is 32.2 Å². The number of hydrogen-bond donors (Lipinski definition) is 2. The lowest BCUT2D eigenvalue weighted by Crippen LogP contribution is -2.37. The molecule has 2 N–H and O–H groups in total. The van der Waals surface area contributed by atoms with E-state index in [4.69, 9.17) is 5.11 Å². The first kappa shape index (κ1) is 17.5. The highest BCUT2D eigenvalue weighted by Gasteiger charge is 2.28. The van der Waals surface area contributed by atoms with Crippen LogP contribution in [0.1, 0.15) is 38.6 Å². The molecule has 1 heterocycles. The van der Waals surface area contributed by atoms with Gasteiger partial charge in [-0.1, -0.05) is 33.8 Å². The standard InChI is InChI=1S/C15H25NO2S2/c1-11(8-17)9-19-10-13(18)16-14(15(2,3)4)12-6-5-7-20-12/h5-7,11,14,17H,8-10H2,1-4H3,(H,16,18). The van der Waals surface area contributed by atoms with E-state index >= 15 is 0 Å². The van der Waals surface area contributed by atoms with Crippen molar-refractivity contribution in [3.8, 4) is 0 Å². The van der Waals surface area contributed by atoms with E-state index in [-0.39, 0.29) is 29.9 Å². The lowest BCUT2D eigenvalue weighted by molar-refractivity contribution is -0.120. The summed E-state index contributed by atoms with van der Waals surface area (Å²) in [6, 6.07) is 4.13. The summed E-state index contributed by atoms with van der Waals surface area (Å²) in [6.07, 6.45) is 0. The number of thioether (sulfide) groups is 1. The first-order chi connectivity index (χ1) is 9.34. The Hall–Kier alpha value is -0.520. The second-order valence-electron chi connectivity index (χ2n) is 6.18. The molecule has 20 heavy (non-hydrogen) atoms. The molecule has 0 aliphatic carbocycles. The molecule has 1 amide bonds. The van der Waals surface area contributed by atoms with Crippen molar-refractivity contribution in [2.75, 3.05) is 18.1 Å². The SMILES string of the molecule is CC(CO)CSCC(=O)NC(c1cccs1)C(C)(C)C. The number of aliphatic hydroxyl groups excluding tert-OH is 1. The van der Waals surface area contributed by atoms with E-state index in [1.54, 1.807) is 23.1 Å². The second kappa shape index (κ2) is 8.05. The molecule has 0 aliphatic rings. The van der Waals surface area contributed by atoms with Gasteiger partial charge >= 0.3 is 0 Å². The summed E-state index contributed by atoms with van der Waals surface area (Å²) in [5, 5.41) is 14.1. The zero-order valence-corrected chi connectivity index (χ0v) is 14.3. The van der Waals surface area contributed by atoms with Crippen LogP contribution in [0.2, 0.25) is 0 Å². The van der Waals surface area contributed by atoms with Crippen LogP contribution in [0, 0.1) is 11.3 Å². The number of hydrogen-bond acceptors (Lipinski definition) is 4. The molecule has 114 valence electrons. The maximum absolute atomic E-state index is 12.1. The molecule has 1 rings (SSSR count). The maximum Gasteiger partial charge on any atom is 0.230 e. The highest BCUT2D eigenvalue weighted by Crippen LogP contribution is 2.35. The van der Waals surface area contributed by atoms with Gasteiger partial charge in [0.15, 0.2) is 0 Å². The van der Waals surface area contributed by atoms with E-state index in [9.17, 15) is 4.79 Å². The second-order valence-corrected chi connectivity index (χ2v) is 8.19. The molecular formula is C15H25NO2S2. The van der Waals surface area contributed by atoms with Gasteiger partial charge in [-0.15, -0.1) is 11.3 Å². The fourth-order valence-corrected chi connectivity index (χ4v) is 3.69. The van der Waals surface area contributed by atoms with Gasteiger partial charge in [-0.25, -0.2) is 0 Å². The minimum absolute atomic E-state index is 0.0103. The van der Waals surface area contributed by atoms with Crippen LogP contribution in [0.5, 0.6) is 0 Å². The number of carbonyl (C=O) groups is 1. The lowest BCUT2D eigenvalue weighted by Gasteiger charge is -2.30. The molecule has 0 spiro atoms.